The first-order chi connectivity index (χ1) is 11.0. The number of benzene rings is 2. The molecule has 6 heteroatoms. The molecule has 0 unspecified atom stereocenters. The predicted molar refractivity (Wildman–Crippen MR) is 76.3 cm³/mol. The van der Waals surface area contributed by atoms with Crippen LogP contribution in [0.3, 0.4) is 0 Å². The molecule has 2 rings (SSSR count). The number of nitrogens with zero attached hydrogens (tertiary/aromatic N) is 2. The average molecular weight is 314 g/mol. The molecule has 0 N–H and O–H groups in total. The van der Waals surface area contributed by atoms with Gasteiger partial charge in [0.05, 0.1) is 0 Å². The highest BCUT2D eigenvalue weighted by atomic mass is 19.1. The second-order valence-corrected chi connectivity index (χ2v) is 4.53. The second kappa shape index (κ2) is 7.15. The monoisotopic (exact) mass is 314 g/mol. The topological polar surface area (TPSA) is 56.8 Å². The van der Waals surface area contributed by atoms with Gasteiger partial charge in [0.2, 0.25) is 0 Å². The minimum atomic E-state index is -0.751. The third-order valence-corrected chi connectivity index (χ3v) is 2.83. The second-order valence-electron chi connectivity index (χ2n) is 4.53. The first-order valence-electron chi connectivity index (χ1n) is 6.41. The van der Waals surface area contributed by atoms with Crippen LogP contribution in [0.25, 0.3) is 6.08 Å². The van der Waals surface area contributed by atoms with Crippen LogP contribution in [-0.2, 0) is 6.61 Å². The first kappa shape index (κ1) is 16.1. The van der Waals surface area contributed by atoms with E-state index in [9.17, 15) is 13.2 Å². The van der Waals surface area contributed by atoms with Crippen molar-refractivity contribution in [1.82, 2.24) is 0 Å². The molecule has 0 amide bonds. The standard InChI is InChI=1S/C17H9F3N2O/c18-14-2-1-13(3-12(8-21)9-22)17(7-14)23-10-11-4-15(19)6-16(20)5-11/h1-7H,10H2. The Bertz CT molecular complexity index is 812. The Morgan fingerprint density at radius 2 is 1.61 bits per heavy atom. The Morgan fingerprint density at radius 3 is 2.22 bits per heavy atom. The third-order valence-electron chi connectivity index (χ3n) is 2.83. The van der Waals surface area contributed by atoms with E-state index in [0.29, 0.717) is 5.56 Å². The molecule has 0 aromatic heterocycles. The molecule has 2 aromatic carbocycles. The van der Waals surface area contributed by atoms with Crippen molar-refractivity contribution in [3.05, 3.63) is 70.5 Å². The van der Waals surface area contributed by atoms with Gasteiger partial charge in [-0.05, 0) is 35.9 Å². The SMILES string of the molecule is N#CC(C#N)=Cc1ccc(F)cc1OCc1cc(F)cc(F)c1. The molecule has 0 aliphatic carbocycles. The summed E-state index contributed by atoms with van der Waals surface area (Å²) >= 11 is 0. The van der Waals surface area contributed by atoms with E-state index in [4.69, 9.17) is 15.3 Å². The van der Waals surface area contributed by atoms with Crippen molar-refractivity contribution >= 4 is 6.08 Å². The summed E-state index contributed by atoms with van der Waals surface area (Å²) in [6.07, 6.45) is 1.24. The fraction of sp³-hybridized carbons (Fsp3) is 0.0588. The molecule has 0 bridgehead atoms. The summed E-state index contributed by atoms with van der Waals surface area (Å²) in [5.41, 5.74) is 0.349. The lowest BCUT2D eigenvalue weighted by molar-refractivity contribution is 0.302. The summed E-state index contributed by atoms with van der Waals surface area (Å²) in [5.74, 6) is -2.03. The molecule has 0 saturated carbocycles. The van der Waals surface area contributed by atoms with Crippen molar-refractivity contribution in [2.24, 2.45) is 0 Å². The first-order valence-corrected chi connectivity index (χ1v) is 6.41. The molecule has 0 fully saturated rings. The number of nitriles is 2. The van der Waals surface area contributed by atoms with E-state index in [-0.39, 0.29) is 23.5 Å². The van der Waals surface area contributed by atoms with Crippen LogP contribution < -0.4 is 4.74 Å². The summed E-state index contributed by atoms with van der Waals surface area (Å²) in [4.78, 5) is 0. The normalized spacial score (nSPS) is 9.61. The number of allylic oxidation sites excluding steroid dienone is 1. The highest BCUT2D eigenvalue weighted by Gasteiger charge is 2.07. The van der Waals surface area contributed by atoms with E-state index in [2.05, 4.69) is 0 Å². The molecule has 23 heavy (non-hydrogen) atoms. The molecule has 0 saturated heterocycles. The lowest BCUT2D eigenvalue weighted by Crippen LogP contribution is -1.99. The molecule has 114 valence electrons. The van der Waals surface area contributed by atoms with Crippen LogP contribution in [0.15, 0.2) is 42.0 Å². The number of rotatable bonds is 4. The van der Waals surface area contributed by atoms with Gasteiger partial charge in [-0.1, -0.05) is 0 Å². The smallest absolute Gasteiger partial charge is 0.130 e. The average Bonchev–Trinajstić information content (AvgIpc) is 2.51. The van der Waals surface area contributed by atoms with Crippen LogP contribution >= 0.6 is 0 Å². The molecule has 0 atom stereocenters. The van der Waals surface area contributed by atoms with Crippen molar-refractivity contribution in [2.75, 3.05) is 0 Å². The Balaban J connectivity index is 2.29. The quantitative estimate of drug-likeness (QED) is 0.798. The maximum Gasteiger partial charge on any atom is 0.130 e. The van der Waals surface area contributed by atoms with Crippen LogP contribution in [0.1, 0.15) is 11.1 Å². The summed E-state index contributed by atoms with van der Waals surface area (Å²) in [7, 11) is 0. The number of ether oxygens (including phenoxy) is 1. The zero-order valence-corrected chi connectivity index (χ0v) is 11.7. The highest BCUT2D eigenvalue weighted by Crippen LogP contribution is 2.24. The van der Waals surface area contributed by atoms with Crippen molar-refractivity contribution in [2.45, 2.75) is 6.61 Å². The predicted octanol–water partition coefficient (Wildman–Crippen LogP) is 4.11. The van der Waals surface area contributed by atoms with Gasteiger partial charge in [0.1, 0.15) is 47.5 Å². The van der Waals surface area contributed by atoms with E-state index in [1.807, 2.05) is 0 Å². The van der Waals surface area contributed by atoms with Crippen LogP contribution in [0, 0.1) is 40.1 Å². The Morgan fingerprint density at radius 1 is 0.957 bits per heavy atom. The van der Waals surface area contributed by atoms with Crippen LogP contribution in [-0.4, -0.2) is 0 Å². The molecule has 0 aliphatic heterocycles. The van der Waals surface area contributed by atoms with Gasteiger partial charge in [0.25, 0.3) is 0 Å². The van der Waals surface area contributed by atoms with E-state index >= 15 is 0 Å². The highest BCUT2D eigenvalue weighted by molar-refractivity contribution is 5.66. The molecule has 0 radical (unpaired) electrons. The molecule has 0 heterocycles. The molecular weight excluding hydrogens is 305 g/mol. The summed E-state index contributed by atoms with van der Waals surface area (Å²) in [6.45, 7) is -0.201. The zero-order valence-electron chi connectivity index (χ0n) is 11.7. The fourth-order valence-electron chi connectivity index (χ4n) is 1.85. The zero-order chi connectivity index (χ0) is 16.8. The van der Waals surface area contributed by atoms with Gasteiger partial charge in [-0.3, -0.25) is 0 Å². The van der Waals surface area contributed by atoms with Gasteiger partial charge in [0, 0.05) is 17.7 Å². The minimum absolute atomic E-state index is 0.0534. The van der Waals surface area contributed by atoms with Gasteiger partial charge < -0.3 is 4.74 Å². The van der Waals surface area contributed by atoms with Crippen molar-refractivity contribution < 1.29 is 17.9 Å². The van der Waals surface area contributed by atoms with Crippen LogP contribution in [0.4, 0.5) is 13.2 Å². The van der Waals surface area contributed by atoms with Crippen LogP contribution in [0.5, 0.6) is 5.75 Å². The van der Waals surface area contributed by atoms with E-state index < -0.39 is 17.5 Å². The van der Waals surface area contributed by atoms with Crippen molar-refractivity contribution in [1.29, 1.82) is 10.5 Å². The van der Waals surface area contributed by atoms with Crippen molar-refractivity contribution in [3.8, 4) is 17.9 Å². The summed E-state index contributed by atoms with van der Waals surface area (Å²) < 4.78 is 45.0. The molecular formula is C17H9F3N2O. The number of hydrogen-bond acceptors (Lipinski definition) is 3. The van der Waals surface area contributed by atoms with Gasteiger partial charge in [-0.2, -0.15) is 10.5 Å². The Labute approximate surface area is 130 Å². The largest absolute Gasteiger partial charge is 0.488 e. The molecule has 3 nitrogen and oxygen atoms in total. The van der Waals surface area contributed by atoms with E-state index in [0.717, 1.165) is 30.3 Å². The fourth-order valence-corrected chi connectivity index (χ4v) is 1.85. The van der Waals surface area contributed by atoms with E-state index in [1.54, 1.807) is 12.1 Å². The number of halogens is 3. The van der Waals surface area contributed by atoms with E-state index in [1.165, 1.54) is 12.1 Å². The Hall–Kier alpha value is -3.25. The van der Waals surface area contributed by atoms with Gasteiger partial charge >= 0.3 is 0 Å². The maximum atomic E-state index is 13.4. The van der Waals surface area contributed by atoms with Crippen LogP contribution in [0.2, 0.25) is 0 Å². The molecule has 2 aromatic rings. The summed E-state index contributed by atoms with van der Waals surface area (Å²) in [6, 6.07) is 9.82. The number of hydrogen-bond donors (Lipinski definition) is 0. The van der Waals surface area contributed by atoms with Gasteiger partial charge in [-0.15, -0.1) is 0 Å². The lowest BCUT2D eigenvalue weighted by Gasteiger charge is -2.10. The summed E-state index contributed by atoms with van der Waals surface area (Å²) in [5, 5.41) is 17.5. The molecule has 0 spiro atoms. The van der Waals surface area contributed by atoms with Crippen molar-refractivity contribution in [3.63, 3.8) is 0 Å². The van der Waals surface area contributed by atoms with Gasteiger partial charge in [0.15, 0.2) is 0 Å². The van der Waals surface area contributed by atoms with Gasteiger partial charge in [-0.25, -0.2) is 13.2 Å². The minimum Gasteiger partial charge on any atom is -0.488 e. The maximum absolute atomic E-state index is 13.4. The lowest BCUT2D eigenvalue weighted by atomic mass is 10.1. The Kier molecular flexibility index (Phi) is 5.01. The third kappa shape index (κ3) is 4.36. The molecule has 0 aliphatic rings.